The van der Waals surface area contributed by atoms with Crippen molar-refractivity contribution in [1.29, 1.82) is 0 Å². The molecule has 0 unspecified atom stereocenters. The second kappa shape index (κ2) is 6.15. The van der Waals surface area contributed by atoms with Gasteiger partial charge in [-0.15, -0.1) is 0 Å². The van der Waals surface area contributed by atoms with E-state index < -0.39 is 0 Å². The number of rotatable bonds is 4. The second-order valence-corrected chi connectivity index (χ2v) is 3.42. The fourth-order valence-electron chi connectivity index (χ4n) is 1.51. The van der Waals surface area contributed by atoms with E-state index in [0.29, 0.717) is 0 Å². The van der Waals surface area contributed by atoms with E-state index >= 15 is 0 Å². The number of aromatic nitrogens is 2. The van der Waals surface area contributed by atoms with Crippen molar-refractivity contribution in [2.75, 3.05) is 0 Å². The van der Waals surface area contributed by atoms with Gasteiger partial charge in [0.1, 0.15) is 0 Å². The first-order valence-corrected chi connectivity index (χ1v) is 4.97. The smallest absolute Gasteiger partial charge is 0.675 e. The van der Waals surface area contributed by atoms with Gasteiger partial charge in [0, 0.05) is 0 Å². The Hall–Kier alpha value is -0.687. The summed E-state index contributed by atoms with van der Waals surface area (Å²) in [6.07, 6.45) is 1.53. The van der Waals surface area contributed by atoms with Crippen molar-refractivity contribution >= 4 is 12.9 Å². The van der Waals surface area contributed by atoms with Crippen LogP contribution in [0.25, 0.3) is 0 Å². The average Bonchev–Trinajstić information content (AvgIpc) is 2.87. The molecule has 0 saturated heterocycles. The Kier molecular flexibility index (Phi) is 5.14. The van der Waals surface area contributed by atoms with Gasteiger partial charge in [0.25, 0.3) is 0 Å². The van der Waals surface area contributed by atoms with E-state index in [4.69, 9.17) is 0 Å². The second-order valence-electron chi connectivity index (χ2n) is 3.42. The van der Waals surface area contributed by atoms with Gasteiger partial charge in [0.05, 0.1) is 0 Å². The molecule has 0 atom stereocenters. The molecule has 0 aliphatic rings. The molecule has 4 heteroatoms. The van der Waals surface area contributed by atoms with Crippen LogP contribution in [0, 0.1) is 13.7 Å². The first-order valence-electron chi connectivity index (χ1n) is 4.97. The normalized spacial score (nSPS) is 9.88. The van der Waals surface area contributed by atoms with Crippen LogP contribution in [0.4, 0.5) is 0 Å². The fourth-order valence-corrected chi connectivity index (χ4v) is 1.51. The Bertz CT molecular complexity index is 393. The standard InChI is InChI=1S/C12H12BN2.Pt/c1-3-9-4-5-10(14-9)8-11-6-7-12(13-2)15-11;/h4-7H,1-3,8H2;/q-4;+4. The molecule has 2 nitrogen and oxygen atoms in total. The zero-order valence-corrected chi connectivity index (χ0v) is 11.2. The number of hydrogen-bond donors (Lipinski definition) is 0. The third-order valence-electron chi connectivity index (χ3n) is 2.30. The van der Waals surface area contributed by atoms with Gasteiger partial charge in [-0.3, -0.25) is 0 Å². The Morgan fingerprint density at radius 3 is 2.19 bits per heavy atom. The van der Waals surface area contributed by atoms with Crippen molar-refractivity contribution in [3.8, 4) is 0 Å². The molecule has 2 rings (SSSR count). The van der Waals surface area contributed by atoms with Crippen LogP contribution in [-0.4, -0.2) is 7.28 Å². The minimum Gasteiger partial charge on any atom is -0.675 e. The Morgan fingerprint density at radius 2 is 1.62 bits per heavy atom. The molecule has 0 amide bonds. The number of nitrogens with zero attached hydrogens (tertiary/aromatic N) is 2. The quantitative estimate of drug-likeness (QED) is 0.568. The van der Waals surface area contributed by atoms with Gasteiger partial charge in [-0.05, 0) is 6.42 Å². The topological polar surface area (TPSA) is 28.2 Å². The van der Waals surface area contributed by atoms with Crippen LogP contribution in [0.2, 0.25) is 0 Å². The van der Waals surface area contributed by atoms with E-state index in [1.807, 2.05) is 24.3 Å². The van der Waals surface area contributed by atoms with Crippen molar-refractivity contribution in [2.45, 2.75) is 12.8 Å². The van der Waals surface area contributed by atoms with Crippen LogP contribution in [0.3, 0.4) is 0 Å². The molecular formula is C12H12BN2Pt. The van der Waals surface area contributed by atoms with Crippen molar-refractivity contribution in [1.82, 2.24) is 9.97 Å². The first kappa shape index (κ1) is 13.4. The van der Waals surface area contributed by atoms with Crippen LogP contribution in [0.1, 0.15) is 17.1 Å². The van der Waals surface area contributed by atoms with Gasteiger partial charge in [-0.1, -0.05) is 31.5 Å². The minimum absolute atomic E-state index is 0. The molecule has 0 fully saturated rings. The molecule has 2 aromatic heterocycles. The van der Waals surface area contributed by atoms with Crippen LogP contribution < -0.4 is 15.6 Å². The third-order valence-corrected chi connectivity index (χ3v) is 2.30. The van der Waals surface area contributed by atoms with Gasteiger partial charge in [-0.2, -0.15) is 23.5 Å². The summed E-state index contributed by atoms with van der Waals surface area (Å²) in [6.45, 7) is 7.48. The van der Waals surface area contributed by atoms with Crippen molar-refractivity contribution < 1.29 is 21.1 Å². The summed E-state index contributed by atoms with van der Waals surface area (Å²) in [4.78, 5) is 8.82. The van der Waals surface area contributed by atoms with Crippen LogP contribution in [0.5, 0.6) is 0 Å². The van der Waals surface area contributed by atoms with Gasteiger partial charge < -0.3 is 23.7 Å². The molecule has 0 N–H and O–H groups in total. The van der Waals surface area contributed by atoms with Gasteiger partial charge in [-0.25, -0.2) is 5.59 Å². The summed E-state index contributed by atoms with van der Waals surface area (Å²) in [5.74, 6) is 0. The van der Waals surface area contributed by atoms with Crippen molar-refractivity contribution in [3.63, 3.8) is 0 Å². The summed E-state index contributed by atoms with van der Waals surface area (Å²) in [5.41, 5.74) is 4.07. The number of hydrogen-bond acceptors (Lipinski definition) is 0. The minimum atomic E-state index is 0. The van der Waals surface area contributed by atoms with E-state index in [0.717, 1.165) is 35.5 Å². The molecule has 2 heterocycles. The van der Waals surface area contributed by atoms with Crippen LogP contribution in [-0.2, 0) is 33.9 Å². The van der Waals surface area contributed by atoms with E-state index in [2.05, 4.69) is 23.7 Å². The maximum absolute atomic E-state index is 4.43. The molecule has 2 aromatic rings. The molecule has 83 valence electrons. The van der Waals surface area contributed by atoms with Crippen LogP contribution in [0.15, 0.2) is 24.3 Å². The summed E-state index contributed by atoms with van der Waals surface area (Å²) in [6, 6.07) is 8.02. The van der Waals surface area contributed by atoms with Crippen molar-refractivity contribution in [3.05, 3.63) is 55.1 Å². The molecular weight excluding hydrogens is 378 g/mol. The molecule has 0 aromatic carbocycles. The molecule has 0 bridgehead atoms. The molecule has 0 aliphatic heterocycles. The Labute approximate surface area is 112 Å². The molecule has 1 radical (unpaired) electrons. The van der Waals surface area contributed by atoms with Gasteiger partial charge in [0.2, 0.25) is 0 Å². The summed E-state index contributed by atoms with van der Waals surface area (Å²) < 4.78 is 0. The largest absolute Gasteiger partial charge is 4.00 e. The third kappa shape index (κ3) is 3.15. The Balaban J connectivity index is 0.00000128. The van der Waals surface area contributed by atoms with Crippen molar-refractivity contribution in [2.24, 2.45) is 0 Å². The zero-order valence-electron chi connectivity index (χ0n) is 8.93. The van der Waals surface area contributed by atoms with E-state index in [-0.39, 0.29) is 21.1 Å². The maximum atomic E-state index is 4.43. The molecule has 0 spiro atoms. The fraction of sp³-hybridized carbons (Fsp3) is 0.167. The summed E-state index contributed by atoms with van der Waals surface area (Å²) >= 11 is 0. The van der Waals surface area contributed by atoms with E-state index in [1.165, 1.54) is 0 Å². The summed E-state index contributed by atoms with van der Waals surface area (Å²) in [5, 5.41) is 0. The zero-order chi connectivity index (χ0) is 10.7. The Morgan fingerprint density at radius 1 is 1.00 bits per heavy atom. The monoisotopic (exact) mass is 390 g/mol. The van der Waals surface area contributed by atoms with Gasteiger partial charge >= 0.3 is 21.1 Å². The van der Waals surface area contributed by atoms with Gasteiger partial charge in [0.15, 0.2) is 0 Å². The molecule has 0 saturated carbocycles. The molecule has 16 heavy (non-hydrogen) atoms. The van der Waals surface area contributed by atoms with E-state index in [1.54, 1.807) is 7.28 Å². The first-order chi connectivity index (χ1) is 7.31. The van der Waals surface area contributed by atoms with E-state index in [9.17, 15) is 0 Å². The maximum Gasteiger partial charge on any atom is 4.00 e. The van der Waals surface area contributed by atoms with Crippen LogP contribution >= 0.6 is 0 Å². The molecule has 0 aliphatic carbocycles. The summed E-state index contributed by atoms with van der Waals surface area (Å²) in [7, 11) is 1.75. The predicted molar refractivity (Wildman–Crippen MR) is 62.1 cm³/mol. The average molecular weight is 390 g/mol. The SMILES string of the molecule is [CH2-][B]c1ccc(Cc2ccc(C[CH2-])[n-]2)[n-]1.[Pt+4]. The predicted octanol–water partition coefficient (Wildman–Crippen LogP) is 0.687.